The highest BCUT2D eigenvalue weighted by atomic mass is 16.3. The Kier molecular flexibility index (Phi) is 3.85. The second-order valence-electron chi connectivity index (χ2n) is 6.22. The molecular weight excluding hydrogens is 320 g/mol. The summed E-state index contributed by atoms with van der Waals surface area (Å²) in [5.41, 5.74) is 1.34. The van der Waals surface area contributed by atoms with E-state index in [2.05, 4.69) is 10.3 Å². The van der Waals surface area contributed by atoms with Crippen molar-refractivity contribution in [2.75, 3.05) is 13.1 Å². The van der Waals surface area contributed by atoms with Crippen LogP contribution < -0.4 is 0 Å². The number of carbonyl (C=O) groups is 1. The van der Waals surface area contributed by atoms with Crippen molar-refractivity contribution in [2.24, 2.45) is 0 Å². The second-order valence-corrected chi connectivity index (χ2v) is 6.22. The molecular formula is C18H18N4O3. The fourth-order valence-corrected chi connectivity index (χ4v) is 2.81. The molecule has 0 saturated carbocycles. The standard InChI is InChI=1S/C18H18N4O3/c1-12(23)16-11-22(20-19-16)14-9-21(10-14)18(24)7-6-15-8-13-4-2-3-5-17(13)25-15/h2-8,11-12,14,23H,9-10H2,1H3/b7-6+. The maximum atomic E-state index is 12.2. The zero-order valence-electron chi connectivity index (χ0n) is 13.7. The van der Waals surface area contributed by atoms with Crippen LogP contribution in [0.25, 0.3) is 17.0 Å². The van der Waals surface area contributed by atoms with Crippen LogP contribution in [-0.2, 0) is 4.79 Å². The van der Waals surface area contributed by atoms with Crippen LogP contribution in [0.4, 0.5) is 0 Å². The SMILES string of the molecule is CC(O)c1cn(C2CN(C(=O)/C=C/c3cc4ccccc4o3)C2)nn1. The molecule has 7 heteroatoms. The first-order valence-electron chi connectivity index (χ1n) is 8.15. The molecule has 1 saturated heterocycles. The molecule has 1 atom stereocenters. The number of rotatable bonds is 4. The van der Waals surface area contributed by atoms with Crippen molar-refractivity contribution >= 4 is 23.0 Å². The largest absolute Gasteiger partial charge is 0.457 e. The Morgan fingerprint density at radius 2 is 2.20 bits per heavy atom. The summed E-state index contributed by atoms with van der Waals surface area (Å²) in [6.07, 6.45) is 4.30. The summed E-state index contributed by atoms with van der Waals surface area (Å²) in [4.78, 5) is 13.9. The van der Waals surface area contributed by atoms with E-state index in [4.69, 9.17) is 4.42 Å². The van der Waals surface area contributed by atoms with Gasteiger partial charge < -0.3 is 14.4 Å². The Labute approximate surface area is 144 Å². The Hall–Kier alpha value is -2.93. The predicted octanol–water partition coefficient (Wildman–Crippen LogP) is 2.17. The minimum atomic E-state index is -0.640. The lowest BCUT2D eigenvalue weighted by Gasteiger charge is -2.38. The number of carbonyl (C=O) groups excluding carboxylic acids is 1. The number of nitrogens with zero attached hydrogens (tertiary/aromatic N) is 4. The summed E-state index contributed by atoms with van der Waals surface area (Å²) < 4.78 is 7.36. The number of aliphatic hydroxyl groups excluding tert-OH is 1. The Bertz CT molecular complexity index is 902. The van der Waals surface area contributed by atoms with Crippen LogP contribution >= 0.6 is 0 Å². The third kappa shape index (κ3) is 3.06. The fraction of sp³-hybridized carbons (Fsp3) is 0.278. The molecule has 0 aliphatic carbocycles. The average Bonchev–Trinajstić information content (AvgIpc) is 3.18. The van der Waals surface area contributed by atoms with Gasteiger partial charge in [-0.15, -0.1) is 5.10 Å². The molecule has 0 radical (unpaired) electrons. The molecule has 0 bridgehead atoms. The van der Waals surface area contributed by atoms with Crippen LogP contribution in [0.5, 0.6) is 0 Å². The number of furan rings is 1. The molecule has 1 aliphatic rings. The summed E-state index contributed by atoms with van der Waals surface area (Å²) in [5, 5.41) is 18.4. The van der Waals surface area contributed by atoms with Gasteiger partial charge >= 0.3 is 0 Å². The lowest BCUT2D eigenvalue weighted by molar-refractivity contribution is -0.131. The number of hydrogen-bond donors (Lipinski definition) is 1. The van der Waals surface area contributed by atoms with Crippen LogP contribution in [0.15, 0.2) is 47.0 Å². The molecule has 1 amide bonds. The molecule has 1 aromatic carbocycles. The van der Waals surface area contributed by atoms with Crippen LogP contribution in [0, 0.1) is 0 Å². The first kappa shape index (κ1) is 15.6. The fourth-order valence-electron chi connectivity index (χ4n) is 2.81. The maximum Gasteiger partial charge on any atom is 0.246 e. The van der Waals surface area contributed by atoms with Crippen LogP contribution in [-0.4, -0.2) is 44.0 Å². The first-order valence-corrected chi connectivity index (χ1v) is 8.15. The number of para-hydroxylation sites is 1. The van der Waals surface area contributed by atoms with E-state index in [1.807, 2.05) is 30.3 Å². The molecule has 3 heterocycles. The molecule has 128 valence electrons. The molecule has 1 unspecified atom stereocenters. The van der Waals surface area contributed by atoms with Crippen molar-refractivity contribution < 1.29 is 14.3 Å². The van der Waals surface area contributed by atoms with Crippen LogP contribution in [0.1, 0.15) is 30.5 Å². The van der Waals surface area contributed by atoms with E-state index in [1.54, 1.807) is 28.8 Å². The molecule has 3 aromatic rings. The van der Waals surface area contributed by atoms with E-state index in [-0.39, 0.29) is 11.9 Å². The summed E-state index contributed by atoms with van der Waals surface area (Å²) in [7, 11) is 0. The van der Waals surface area contributed by atoms with Crippen molar-refractivity contribution in [3.05, 3.63) is 54.1 Å². The van der Waals surface area contributed by atoms with E-state index in [9.17, 15) is 9.90 Å². The van der Waals surface area contributed by atoms with Crippen LogP contribution in [0.3, 0.4) is 0 Å². The molecule has 1 aliphatic heterocycles. The highest BCUT2D eigenvalue weighted by molar-refractivity contribution is 5.92. The number of amides is 1. The summed E-state index contributed by atoms with van der Waals surface area (Å²) in [5.74, 6) is 0.594. The average molecular weight is 338 g/mol. The maximum absolute atomic E-state index is 12.2. The lowest BCUT2D eigenvalue weighted by atomic mass is 10.1. The highest BCUT2D eigenvalue weighted by Crippen LogP contribution is 2.23. The van der Waals surface area contributed by atoms with Gasteiger partial charge in [0, 0.05) is 24.6 Å². The monoisotopic (exact) mass is 338 g/mol. The van der Waals surface area contributed by atoms with Gasteiger partial charge in [0.1, 0.15) is 17.0 Å². The van der Waals surface area contributed by atoms with Gasteiger partial charge in [0.05, 0.1) is 18.3 Å². The van der Waals surface area contributed by atoms with E-state index in [0.717, 1.165) is 11.0 Å². The molecule has 0 spiro atoms. The van der Waals surface area contributed by atoms with Gasteiger partial charge in [0.15, 0.2) is 0 Å². The Morgan fingerprint density at radius 1 is 1.40 bits per heavy atom. The molecule has 2 aromatic heterocycles. The minimum Gasteiger partial charge on any atom is -0.457 e. The number of likely N-dealkylation sites (tertiary alicyclic amines) is 1. The number of aliphatic hydroxyl groups is 1. The lowest BCUT2D eigenvalue weighted by Crippen LogP contribution is -2.50. The third-order valence-corrected chi connectivity index (χ3v) is 4.34. The number of benzene rings is 1. The van der Waals surface area contributed by atoms with Crippen LogP contribution in [0.2, 0.25) is 0 Å². The van der Waals surface area contributed by atoms with Crippen molar-refractivity contribution in [1.29, 1.82) is 0 Å². The summed E-state index contributed by atoms with van der Waals surface area (Å²) in [6, 6.07) is 9.74. The van der Waals surface area contributed by atoms with Gasteiger partial charge in [-0.1, -0.05) is 23.4 Å². The Morgan fingerprint density at radius 3 is 2.92 bits per heavy atom. The normalized spacial score (nSPS) is 16.5. The van der Waals surface area contributed by atoms with E-state index in [1.165, 1.54) is 6.08 Å². The zero-order chi connectivity index (χ0) is 17.4. The molecule has 4 rings (SSSR count). The van der Waals surface area contributed by atoms with Gasteiger partial charge in [-0.25, -0.2) is 4.68 Å². The van der Waals surface area contributed by atoms with Gasteiger partial charge in [0.25, 0.3) is 0 Å². The van der Waals surface area contributed by atoms with Gasteiger partial charge in [-0.2, -0.15) is 0 Å². The quantitative estimate of drug-likeness (QED) is 0.737. The number of aromatic nitrogens is 3. The summed E-state index contributed by atoms with van der Waals surface area (Å²) in [6.45, 7) is 2.80. The van der Waals surface area contributed by atoms with E-state index in [0.29, 0.717) is 24.5 Å². The summed E-state index contributed by atoms with van der Waals surface area (Å²) >= 11 is 0. The van der Waals surface area contributed by atoms with Crippen molar-refractivity contribution in [1.82, 2.24) is 19.9 Å². The number of fused-ring (bicyclic) bond motifs is 1. The molecule has 7 nitrogen and oxygen atoms in total. The first-order chi connectivity index (χ1) is 12.1. The van der Waals surface area contributed by atoms with Crippen molar-refractivity contribution in [2.45, 2.75) is 19.1 Å². The van der Waals surface area contributed by atoms with E-state index < -0.39 is 6.10 Å². The highest BCUT2D eigenvalue weighted by Gasteiger charge is 2.31. The van der Waals surface area contributed by atoms with E-state index >= 15 is 0 Å². The van der Waals surface area contributed by atoms with Crippen molar-refractivity contribution in [3.8, 4) is 0 Å². The molecule has 1 fully saturated rings. The van der Waals surface area contributed by atoms with Crippen molar-refractivity contribution in [3.63, 3.8) is 0 Å². The zero-order valence-corrected chi connectivity index (χ0v) is 13.7. The molecule has 25 heavy (non-hydrogen) atoms. The third-order valence-electron chi connectivity index (χ3n) is 4.34. The topological polar surface area (TPSA) is 84.4 Å². The van der Waals surface area contributed by atoms with Gasteiger partial charge in [0.2, 0.25) is 5.91 Å². The van der Waals surface area contributed by atoms with Gasteiger partial charge in [-0.05, 0) is 25.1 Å². The molecule has 1 N–H and O–H groups in total. The Balaban J connectivity index is 1.36. The minimum absolute atomic E-state index is 0.0624. The number of hydrogen-bond acceptors (Lipinski definition) is 5. The second kappa shape index (κ2) is 6.18. The smallest absolute Gasteiger partial charge is 0.246 e. The van der Waals surface area contributed by atoms with Gasteiger partial charge in [-0.3, -0.25) is 4.79 Å². The predicted molar refractivity (Wildman–Crippen MR) is 91.5 cm³/mol.